The lowest BCUT2D eigenvalue weighted by Gasteiger charge is -2.13. The fourth-order valence-corrected chi connectivity index (χ4v) is 9.53. The first kappa shape index (κ1) is 35.1. The number of hydrogen-bond acceptors (Lipinski definition) is 4. The molecule has 0 aliphatic carbocycles. The second-order valence-corrected chi connectivity index (χ2v) is 16.0. The third kappa shape index (κ3) is 5.53. The zero-order valence-corrected chi connectivity index (χ0v) is 33.8. The summed E-state index contributed by atoms with van der Waals surface area (Å²) < 4.78 is 6.68. The maximum absolute atomic E-state index is 5.43. The molecule has 5 heterocycles. The number of hydrogen-bond donors (Lipinski definition) is 0. The van der Waals surface area contributed by atoms with Gasteiger partial charge in [0.25, 0.3) is 0 Å². The number of pyridine rings is 1. The van der Waals surface area contributed by atoms with E-state index in [1.807, 2.05) is 12.4 Å². The molecule has 0 spiro atoms. The van der Waals surface area contributed by atoms with Crippen molar-refractivity contribution >= 4 is 65.4 Å². The Labute approximate surface area is 361 Å². The topological polar surface area (TPSA) is 66.3 Å². The summed E-state index contributed by atoms with van der Waals surface area (Å²) in [5, 5.41) is 6.81. The molecular formula is C56H35N7. The molecule has 0 amide bonds. The Morgan fingerprint density at radius 3 is 1.25 bits per heavy atom. The molecule has 0 atom stereocenters. The molecule has 7 heteroatoms. The zero-order valence-electron chi connectivity index (χ0n) is 33.8. The third-order valence-electron chi connectivity index (χ3n) is 12.4. The monoisotopic (exact) mass is 805 g/mol. The van der Waals surface area contributed by atoms with Crippen molar-refractivity contribution < 1.29 is 0 Å². The van der Waals surface area contributed by atoms with Crippen LogP contribution in [0.25, 0.3) is 117 Å². The Morgan fingerprint density at radius 2 is 0.714 bits per heavy atom. The molecule has 0 bridgehead atoms. The predicted molar refractivity (Wildman–Crippen MR) is 257 cm³/mol. The van der Waals surface area contributed by atoms with Crippen molar-refractivity contribution in [2.24, 2.45) is 0 Å². The van der Waals surface area contributed by atoms with E-state index in [1.165, 1.54) is 16.5 Å². The van der Waals surface area contributed by atoms with Crippen LogP contribution in [0.5, 0.6) is 0 Å². The molecule has 5 aromatic heterocycles. The van der Waals surface area contributed by atoms with Crippen LogP contribution in [0.15, 0.2) is 213 Å². The molecule has 0 N–H and O–H groups in total. The standard InChI is InChI=1S/C56H35N7/c1-3-13-36(14-4-1)39-25-29-51-45(33-39)42-17-7-11-21-49(42)62(51)55-58-54(38-23-27-41(28-24-38)61-48-20-10-9-19-44(48)47-35-57-32-31-53(47)61)59-56(60-55)63-50-22-12-8-18-43(50)46-34-40(26-30-52(46)63)37-15-5-2-6-16-37/h1-35H. The van der Waals surface area contributed by atoms with E-state index in [4.69, 9.17) is 15.0 Å². The maximum Gasteiger partial charge on any atom is 0.240 e. The van der Waals surface area contributed by atoms with Gasteiger partial charge in [-0.05, 0) is 95.1 Å². The van der Waals surface area contributed by atoms with Crippen molar-refractivity contribution in [1.82, 2.24) is 33.6 Å². The van der Waals surface area contributed by atoms with Gasteiger partial charge in [0.05, 0.1) is 33.1 Å². The summed E-state index contributed by atoms with van der Waals surface area (Å²) in [4.78, 5) is 20.6. The van der Waals surface area contributed by atoms with E-state index >= 15 is 0 Å². The van der Waals surface area contributed by atoms with Crippen LogP contribution in [0.3, 0.4) is 0 Å². The van der Waals surface area contributed by atoms with Gasteiger partial charge in [0.2, 0.25) is 11.9 Å². The zero-order chi connectivity index (χ0) is 41.4. The van der Waals surface area contributed by atoms with E-state index in [-0.39, 0.29) is 0 Å². The highest BCUT2D eigenvalue weighted by Gasteiger charge is 2.22. The molecular weight excluding hydrogens is 771 g/mol. The second-order valence-electron chi connectivity index (χ2n) is 16.0. The van der Waals surface area contributed by atoms with Gasteiger partial charge < -0.3 is 4.57 Å². The number of benzene rings is 8. The van der Waals surface area contributed by atoms with Crippen LogP contribution in [0.2, 0.25) is 0 Å². The molecule has 7 nitrogen and oxygen atoms in total. The summed E-state index contributed by atoms with van der Waals surface area (Å²) in [7, 11) is 0. The van der Waals surface area contributed by atoms with Crippen molar-refractivity contribution in [2.75, 3.05) is 0 Å². The van der Waals surface area contributed by atoms with Crippen LogP contribution >= 0.6 is 0 Å². The van der Waals surface area contributed by atoms with Gasteiger partial charge in [-0.2, -0.15) is 15.0 Å². The van der Waals surface area contributed by atoms with Gasteiger partial charge in [-0.3, -0.25) is 14.1 Å². The lowest BCUT2D eigenvalue weighted by molar-refractivity contribution is 0.893. The Bertz CT molecular complexity index is 3670. The van der Waals surface area contributed by atoms with Gasteiger partial charge >= 0.3 is 0 Å². The summed E-state index contributed by atoms with van der Waals surface area (Å²) in [6, 6.07) is 70.6. The molecule has 13 aromatic rings. The van der Waals surface area contributed by atoms with Crippen LogP contribution in [0.1, 0.15) is 0 Å². The molecule has 63 heavy (non-hydrogen) atoms. The highest BCUT2D eigenvalue weighted by Crippen LogP contribution is 2.38. The van der Waals surface area contributed by atoms with Gasteiger partial charge in [0.1, 0.15) is 0 Å². The van der Waals surface area contributed by atoms with Crippen LogP contribution in [0, 0.1) is 0 Å². The lowest BCUT2D eigenvalue weighted by Crippen LogP contribution is -2.10. The first-order valence-electron chi connectivity index (χ1n) is 21.1. The number of para-hydroxylation sites is 3. The quantitative estimate of drug-likeness (QED) is 0.168. The largest absolute Gasteiger partial charge is 0.309 e. The van der Waals surface area contributed by atoms with E-state index in [0.29, 0.717) is 17.7 Å². The number of nitrogens with zero attached hydrogens (tertiary/aromatic N) is 7. The number of fused-ring (bicyclic) bond motifs is 9. The molecule has 8 aromatic carbocycles. The molecule has 13 rings (SSSR count). The lowest BCUT2D eigenvalue weighted by atomic mass is 10.0. The molecule has 0 fully saturated rings. The van der Waals surface area contributed by atoms with Crippen LogP contribution in [-0.2, 0) is 0 Å². The number of aromatic nitrogens is 7. The van der Waals surface area contributed by atoms with Gasteiger partial charge in [-0.1, -0.05) is 127 Å². The highest BCUT2D eigenvalue weighted by molar-refractivity contribution is 6.12. The van der Waals surface area contributed by atoms with E-state index in [9.17, 15) is 0 Å². The normalized spacial score (nSPS) is 11.8. The summed E-state index contributed by atoms with van der Waals surface area (Å²) in [5.74, 6) is 1.66. The Balaban J connectivity index is 1.05. The fraction of sp³-hybridized carbons (Fsp3) is 0. The predicted octanol–water partition coefficient (Wildman–Crippen LogP) is 13.6. The summed E-state index contributed by atoms with van der Waals surface area (Å²) in [5.41, 5.74) is 12.9. The Hall–Kier alpha value is -8.68. The van der Waals surface area contributed by atoms with E-state index in [2.05, 4.69) is 219 Å². The van der Waals surface area contributed by atoms with Gasteiger partial charge in [-0.25, -0.2) is 0 Å². The fourth-order valence-electron chi connectivity index (χ4n) is 9.53. The molecule has 0 unspecified atom stereocenters. The van der Waals surface area contributed by atoms with Crippen molar-refractivity contribution in [3.05, 3.63) is 213 Å². The molecule has 0 saturated carbocycles. The van der Waals surface area contributed by atoms with Crippen LogP contribution in [0.4, 0.5) is 0 Å². The Morgan fingerprint density at radius 1 is 0.286 bits per heavy atom. The molecule has 0 radical (unpaired) electrons. The summed E-state index contributed by atoms with van der Waals surface area (Å²) in [6.45, 7) is 0. The van der Waals surface area contributed by atoms with Crippen molar-refractivity contribution in [3.8, 4) is 51.2 Å². The SMILES string of the molecule is c1ccc(-c2ccc3c(c2)c2ccccc2n3-c2nc(-c3ccc(-n4c5ccccc5c5cnccc54)cc3)nc(-n3c4ccccc4c4cc(-c5ccccc5)ccc43)n2)cc1. The van der Waals surface area contributed by atoms with Gasteiger partial charge in [0, 0.05) is 56.0 Å². The number of rotatable bonds is 6. The van der Waals surface area contributed by atoms with Crippen molar-refractivity contribution in [1.29, 1.82) is 0 Å². The van der Waals surface area contributed by atoms with Gasteiger partial charge in [-0.15, -0.1) is 0 Å². The highest BCUT2D eigenvalue weighted by atomic mass is 15.3. The minimum absolute atomic E-state index is 0.541. The van der Waals surface area contributed by atoms with Crippen molar-refractivity contribution in [2.45, 2.75) is 0 Å². The average Bonchev–Trinajstić information content (AvgIpc) is 4.00. The molecule has 0 saturated heterocycles. The first-order valence-corrected chi connectivity index (χ1v) is 21.1. The summed E-state index contributed by atoms with van der Waals surface area (Å²) in [6.07, 6.45) is 3.80. The minimum atomic E-state index is 0.541. The third-order valence-corrected chi connectivity index (χ3v) is 12.4. The van der Waals surface area contributed by atoms with E-state index < -0.39 is 0 Å². The van der Waals surface area contributed by atoms with Crippen LogP contribution in [-0.4, -0.2) is 33.6 Å². The average molecular weight is 806 g/mol. The van der Waals surface area contributed by atoms with Gasteiger partial charge in [0.15, 0.2) is 5.82 Å². The van der Waals surface area contributed by atoms with E-state index in [1.54, 1.807) is 0 Å². The smallest absolute Gasteiger partial charge is 0.240 e. The molecule has 0 aliphatic heterocycles. The Kier molecular flexibility index (Phi) is 7.77. The molecule has 0 aliphatic rings. The molecule has 294 valence electrons. The maximum atomic E-state index is 5.43. The van der Waals surface area contributed by atoms with Crippen LogP contribution < -0.4 is 0 Å². The van der Waals surface area contributed by atoms with Crippen molar-refractivity contribution in [3.63, 3.8) is 0 Å². The minimum Gasteiger partial charge on any atom is -0.309 e. The summed E-state index contributed by atoms with van der Waals surface area (Å²) >= 11 is 0. The second kappa shape index (κ2) is 13.9. The van der Waals surface area contributed by atoms with E-state index in [0.717, 1.165) is 82.4 Å². The first-order chi connectivity index (χ1) is 31.2.